The zero-order valence-corrected chi connectivity index (χ0v) is 36.9. The van der Waals surface area contributed by atoms with Crippen LogP contribution in [-0.2, 0) is 68.7 Å². The van der Waals surface area contributed by atoms with Crippen molar-refractivity contribution in [2.45, 2.75) is 125 Å². The molecule has 4 rings (SSSR count). The van der Waals surface area contributed by atoms with Crippen LogP contribution in [0.5, 0.6) is 0 Å². The second kappa shape index (κ2) is 29.5. The van der Waals surface area contributed by atoms with Crippen LogP contribution in [-0.4, -0.2) is 102 Å². The van der Waals surface area contributed by atoms with Crippen molar-refractivity contribution in [2.75, 3.05) is 64.8 Å². The number of rotatable bonds is 23. The van der Waals surface area contributed by atoms with Crippen LogP contribution in [0.4, 0.5) is 5.69 Å². The van der Waals surface area contributed by atoms with E-state index in [0.717, 1.165) is 47.2 Å². The number of anilines is 1. The second-order valence-electron chi connectivity index (χ2n) is 15.6. The van der Waals surface area contributed by atoms with Crippen LogP contribution < -0.4 is 21.7 Å². The van der Waals surface area contributed by atoms with Crippen molar-refractivity contribution in [3.8, 4) is 0 Å². The maximum atomic E-state index is 13.7. The summed E-state index contributed by atoms with van der Waals surface area (Å²) in [6.45, 7) is 19.8. The molecule has 0 aromatic heterocycles. The third kappa shape index (κ3) is 21.3. The van der Waals surface area contributed by atoms with E-state index in [9.17, 15) is 19.2 Å². The molecular weight excluding hydrogens is 741 g/mol. The zero-order chi connectivity index (χ0) is 43.5. The fourth-order valence-corrected chi connectivity index (χ4v) is 6.05. The number of carbonyl (C=O) groups is 4. The number of Topliss-reactive ketones (excluding diaryl/α,β-unsaturated/α-hetero) is 1. The summed E-state index contributed by atoms with van der Waals surface area (Å²) in [7, 11) is 1.50. The molecule has 13 nitrogen and oxygen atoms in total. The average molecular weight is 815 g/mol. The molecule has 5 N–H and O–H groups in total. The standard InChI is InChI=1S/C37H51N3O9.C5H12.C2H6.CH5N/c1-26(41)24-48-22-21-47-20-19-46-18-17-45-16-15-28-9-11-29(12-10-28)25-49-27(2)32(13-14-34(38)42)39-37(44)33-23-31-7-3-5-30-6-4-8-35(43)40(33)36(30)31;1-5(2,3)4;2*1-2/h3,5,7,9-12,27,32-33H,4,6,8,13-25H2,1-2H3,(H2,38,42)(H,39,44);1-4H3;1-2H3;2H2,1H3/t27-,32?,33+;;;/m1.../s1. The molecule has 2 heterocycles. The van der Waals surface area contributed by atoms with Gasteiger partial charge in [-0.25, -0.2) is 0 Å². The number of para-hydroxylation sites is 1. The Bertz CT molecular complexity index is 1470. The van der Waals surface area contributed by atoms with Crippen LogP contribution in [0.15, 0.2) is 42.5 Å². The summed E-state index contributed by atoms with van der Waals surface area (Å²) in [6, 6.07) is 13.0. The molecule has 328 valence electrons. The predicted octanol–water partition coefficient (Wildman–Crippen LogP) is 5.49. The fourth-order valence-electron chi connectivity index (χ4n) is 6.05. The Hall–Kier alpha value is -3.72. The molecule has 13 heteroatoms. The van der Waals surface area contributed by atoms with Crippen molar-refractivity contribution < 1.29 is 42.9 Å². The largest absolute Gasteiger partial charge is 0.379 e. The Labute approximate surface area is 348 Å². The third-order valence-corrected chi connectivity index (χ3v) is 8.67. The summed E-state index contributed by atoms with van der Waals surface area (Å²) in [4.78, 5) is 50.9. The van der Waals surface area contributed by atoms with Gasteiger partial charge in [0.25, 0.3) is 0 Å². The molecule has 2 aliphatic heterocycles. The van der Waals surface area contributed by atoms with Gasteiger partial charge in [-0.3, -0.25) is 24.1 Å². The molecule has 58 heavy (non-hydrogen) atoms. The van der Waals surface area contributed by atoms with Gasteiger partial charge in [0.05, 0.1) is 70.7 Å². The maximum Gasteiger partial charge on any atom is 0.243 e. The van der Waals surface area contributed by atoms with E-state index in [1.165, 1.54) is 14.0 Å². The van der Waals surface area contributed by atoms with Crippen LogP contribution in [0.2, 0.25) is 0 Å². The molecule has 0 saturated heterocycles. The molecule has 0 radical (unpaired) electrons. The number of hydrogen-bond donors (Lipinski definition) is 3. The summed E-state index contributed by atoms with van der Waals surface area (Å²) in [5, 5.41) is 3.09. The number of hydrogen-bond acceptors (Lipinski definition) is 10. The van der Waals surface area contributed by atoms with Crippen LogP contribution in [0.25, 0.3) is 0 Å². The average Bonchev–Trinajstić information content (AvgIpc) is 3.51. The van der Waals surface area contributed by atoms with Gasteiger partial charge >= 0.3 is 0 Å². The van der Waals surface area contributed by atoms with Crippen LogP contribution in [0.3, 0.4) is 0 Å². The number of carbonyl (C=O) groups excluding carboxylic acids is 4. The molecule has 2 aromatic carbocycles. The molecule has 0 aliphatic carbocycles. The van der Waals surface area contributed by atoms with Crippen molar-refractivity contribution in [1.82, 2.24) is 5.32 Å². The summed E-state index contributed by atoms with van der Waals surface area (Å²) >= 11 is 0. The lowest BCUT2D eigenvalue weighted by Crippen LogP contribution is -2.53. The Morgan fingerprint density at radius 3 is 1.93 bits per heavy atom. The minimum Gasteiger partial charge on any atom is -0.379 e. The topological polar surface area (TPSA) is 182 Å². The van der Waals surface area contributed by atoms with E-state index in [2.05, 4.69) is 38.7 Å². The Balaban J connectivity index is 0.00000171. The Kier molecular flexibility index (Phi) is 26.6. The molecular formula is C45H74N4O9. The van der Waals surface area contributed by atoms with Crippen LogP contribution in [0.1, 0.15) is 103 Å². The fraction of sp³-hybridized carbons (Fsp3) is 0.644. The Morgan fingerprint density at radius 2 is 1.36 bits per heavy atom. The second-order valence-corrected chi connectivity index (χ2v) is 15.6. The summed E-state index contributed by atoms with van der Waals surface area (Å²) < 4.78 is 27.9. The normalized spacial score (nSPS) is 15.2. The van der Waals surface area contributed by atoms with Gasteiger partial charge < -0.3 is 40.5 Å². The first-order valence-electron chi connectivity index (χ1n) is 20.8. The highest BCUT2D eigenvalue weighted by Gasteiger charge is 2.41. The minimum absolute atomic E-state index is 0.00661. The SMILES string of the molecule is CC.CC(=O)COCCOCCOCCOCCc1ccc(CO[C@H](C)C(CCC(N)=O)NC(=O)[C@@H]2Cc3cccc4c3N2C(=O)CCC4)cc1.CC(C)(C)C.CN. The van der Waals surface area contributed by atoms with Gasteiger partial charge in [0.2, 0.25) is 17.7 Å². The highest BCUT2D eigenvalue weighted by atomic mass is 16.6. The van der Waals surface area contributed by atoms with Gasteiger partial charge in [0.15, 0.2) is 5.78 Å². The summed E-state index contributed by atoms with van der Waals surface area (Å²) in [6.07, 6.45) is 3.23. The van der Waals surface area contributed by atoms with E-state index >= 15 is 0 Å². The van der Waals surface area contributed by atoms with Crippen molar-refractivity contribution in [2.24, 2.45) is 16.9 Å². The van der Waals surface area contributed by atoms with Gasteiger partial charge in [-0.05, 0) is 74.2 Å². The van der Waals surface area contributed by atoms with Crippen molar-refractivity contribution in [1.29, 1.82) is 0 Å². The highest BCUT2D eigenvalue weighted by molar-refractivity contribution is 6.04. The first-order chi connectivity index (χ1) is 27.7. The van der Waals surface area contributed by atoms with E-state index < -0.39 is 24.1 Å². The lowest BCUT2D eigenvalue weighted by molar-refractivity contribution is -0.128. The number of amides is 3. The molecule has 0 spiro atoms. The molecule has 3 amide bonds. The number of primary amides is 1. The molecule has 2 aliphatic rings. The summed E-state index contributed by atoms with van der Waals surface area (Å²) in [5.41, 5.74) is 15.6. The number of ketones is 1. The van der Waals surface area contributed by atoms with Gasteiger partial charge in [0.1, 0.15) is 12.6 Å². The van der Waals surface area contributed by atoms with E-state index in [1.54, 1.807) is 4.90 Å². The molecule has 0 bridgehead atoms. The van der Waals surface area contributed by atoms with Crippen molar-refractivity contribution in [3.63, 3.8) is 0 Å². The predicted molar refractivity (Wildman–Crippen MR) is 230 cm³/mol. The molecule has 0 saturated carbocycles. The van der Waals surface area contributed by atoms with Gasteiger partial charge in [-0.2, -0.15) is 0 Å². The first-order valence-corrected chi connectivity index (χ1v) is 20.8. The highest BCUT2D eigenvalue weighted by Crippen LogP contribution is 2.39. The van der Waals surface area contributed by atoms with Crippen LogP contribution >= 0.6 is 0 Å². The molecule has 3 atom stereocenters. The van der Waals surface area contributed by atoms with E-state index in [4.69, 9.17) is 29.4 Å². The van der Waals surface area contributed by atoms with E-state index in [0.29, 0.717) is 77.5 Å². The smallest absolute Gasteiger partial charge is 0.243 e. The lowest BCUT2D eigenvalue weighted by atomic mass is 10.0. The molecule has 1 unspecified atom stereocenters. The number of nitrogens with two attached hydrogens (primary N) is 2. The number of aryl methyl sites for hydroxylation is 1. The van der Waals surface area contributed by atoms with Gasteiger partial charge in [-0.1, -0.05) is 84.0 Å². The van der Waals surface area contributed by atoms with Crippen molar-refractivity contribution in [3.05, 3.63) is 64.7 Å². The lowest BCUT2D eigenvalue weighted by Gasteiger charge is -2.29. The quantitative estimate of drug-likeness (QED) is 0.122. The number of nitrogens with one attached hydrogen (secondary N) is 1. The number of nitrogens with zero attached hydrogens (tertiary/aromatic N) is 1. The molecule has 2 aromatic rings. The molecule has 0 fully saturated rings. The zero-order valence-electron chi connectivity index (χ0n) is 36.9. The monoisotopic (exact) mass is 815 g/mol. The number of ether oxygens (including phenoxy) is 5. The summed E-state index contributed by atoms with van der Waals surface area (Å²) in [5.74, 6) is -0.740. The maximum absolute atomic E-state index is 13.7. The van der Waals surface area contributed by atoms with E-state index in [1.807, 2.05) is 63.2 Å². The van der Waals surface area contributed by atoms with E-state index in [-0.39, 0.29) is 30.6 Å². The van der Waals surface area contributed by atoms with Crippen LogP contribution in [0, 0.1) is 5.41 Å². The number of benzene rings is 2. The van der Waals surface area contributed by atoms with Crippen molar-refractivity contribution >= 4 is 29.2 Å². The minimum atomic E-state index is -0.634. The van der Waals surface area contributed by atoms with Gasteiger partial charge in [0, 0.05) is 19.3 Å². The Morgan fingerprint density at radius 1 is 0.828 bits per heavy atom. The van der Waals surface area contributed by atoms with Gasteiger partial charge in [-0.15, -0.1) is 0 Å². The third-order valence-electron chi connectivity index (χ3n) is 8.67. The first kappa shape index (κ1) is 52.3.